The maximum atomic E-state index is 6.87. The summed E-state index contributed by atoms with van der Waals surface area (Å²) in [4.78, 5) is 7.76. The number of rotatable bonds is 5. The summed E-state index contributed by atoms with van der Waals surface area (Å²) >= 11 is 0. The van der Waals surface area contributed by atoms with Crippen molar-refractivity contribution in [3.05, 3.63) is 78.4 Å². The summed E-state index contributed by atoms with van der Waals surface area (Å²) < 4.78 is 6.87. The van der Waals surface area contributed by atoms with E-state index in [1.54, 1.807) is 6.33 Å². The summed E-state index contributed by atoms with van der Waals surface area (Å²) in [7, 11) is -1.83. The minimum atomic E-state index is -1.83. The number of hydrogen-bond acceptors (Lipinski definition) is 2. The number of imidazole rings is 1. The van der Waals surface area contributed by atoms with Gasteiger partial charge in [-0.2, -0.15) is 0 Å². The van der Waals surface area contributed by atoms with Gasteiger partial charge >= 0.3 is 0 Å². The zero-order chi connectivity index (χ0) is 17.9. The van der Waals surface area contributed by atoms with Crippen LogP contribution in [-0.2, 0) is 4.43 Å². The molecule has 0 bridgehead atoms. The lowest BCUT2D eigenvalue weighted by Gasteiger charge is -2.33. The predicted octanol–water partition coefficient (Wildman–Crippen LogP) is 3.36. The van der Waals surface area contributed by atoms with Gasteiger partial charge in [-0.25, -0.2) is 4.98 Å². The number of hydrogen-bond donors (Lipinski definition) is 1. The van der Waals surface area contributed by atoms with Crippen LogP contribution in [0.25, 0.3) is 0 Å². The van der Waals surface area contributed by atoms with Crippen LogP contribution in [-0.4, -0.2) is 19.0 Å². The molecule has 0 aliphatic carbocycles. The Kier molecular flexibility index (Phi) is 5.21. The van der Waals surface area contributed by atoms with Crippen LogP contribution in [0.5, 0.6) is 0 Å². The number of H-pyrrole nitrogens is 1. The number of aromatic nitrogens is 2. The van der Waals surface area contributed by atoms with Crippen LogP contribution in [0.4, 0.5) is 0 Å². The molecule has 0 aliphatic rings. The molecule has 0 aliphatic heterocycles. The van der Waals surface area contributed by atoms with E-state index in [0.717, 1.165) is 11.4 Å². The highest BCUT2D eigenvalue weighted by molar-refractivity contribution is 6.80. The van der Waals surface area contributed by atoms with Crippen molar-refractivity contribution in [1.29, 1.82) is 0 Å². The zero-order valence-electron chi connectivity index (χ0n) is 15.4. The van der Waals surface area contributed by atoms with Crippen molar-refractivity contribution in [2.45, 2.75) is 33.8 Å². The Morgan fingerprint density at radius 2 is 1.44 bits per heavy atom. The Morgan fingerprint density at radius 1 is 0.920 bits per heavy atom. The molecule has 25 heavy (non-hydrogen) atoms. The lowest BCUT2D eigenvalue weighted by atomic mass is 9.87. The number of nitrogens with zero attached hydrogens (tertiary/aromatic N) is 1. The molecular formula is C21H26N2OSi. The van der Waals surface area contributed by atoms with Gasteiger partial charge < -0.3 is 9.41 Å². The Labute approximate surface area is 151 Å². The van der Waals surface area contributed by atoms with Gasteiger partial charge in [0.25, 0.3) is 0 Å². The number of aromatic amines is 1. The fourth-order valence-corrected chi connectivity index (χ4v) is 5.71. The topological polar surface area (TPSA) is 37.9 Å². The SMILES string of the molecule is Cc1[nH]cnc1C(O[SiH](c1ccccc1)c1ccccc1)C(C)(C)C. The Bertz CT molecular complexity index is 754. The summed E-state index contributed by atoms with van der Waals surface area (Å²) in [5.74, 6) is 0. The minimum Gasteiger partial charge on any atom is -0.402 e. The first kappa shape index (κ1) is 17.6. The van der Waals surface area contributed by atoms with Crippen molar-refractivity contribution in [2.24, 2.45) is 5.41 Å². The van der Waals surface area contributed by atoms with Crippen LogP contribution in [0.15, 0.2) is 67.0 Å². The third-order valence-electron chi connectivity index (χ3n) is 4.38. The van der Waals surface area contributed by atoms with E-state index in [0.29, 0.717) is 0 Å². The second-order valence-corrected chi connectivity index (χ2v) is 9.86. The highest BCUT2D eigenvalue weighted by atomic mass is 28.3. The quantitative estimate of drug-likeness (QED) is 0.717. The van der Waals surface area contributed by atoms with E-state index < -0.39 is 9.04 Å². The van der Waals surface area contributed by atoms with Crippen molar-refractivity contribution in [2.75, 3.05) is 0 Å². The third kappa shape index (κ3) is 4.09. The molecule has 1 unspecified atom stereocenters. The molecule has 2 aromatic carbocycles. The summed E-state index contributed by atoms with van der Waals surface area (Å²) in [6.07, 6.45) is 1.70. The van der Waals surface area contributed by atoms with Gasteiger partial charge in [0, 0.05) is 5.69 Å². The fourth-order valence-electron chi connectivity index (χ4n) is 3.05. The smallest absolute Gasteiger partial charge is 0.240 e. The molecule has 0 saturated carbocycles. The number of aryl methyl sites for hydroxylation is 1. The highest BCUT2D eigenvalue weighted by Gasteiger charge is 2.34. The summed E-state index contributed by atoms with van der Waals surface area (Å²) in [5.41, 5.74) is 2.04. The summed E-state index contributed by atoms with van der Waals surface area (Å²) in [6, 6.07) is 21.2. The third-order valence-corrected chi connectivity index (χ3v) is 6.91. The maximum Gasteiger partial charge on any atom is 0.240 e. The monoisotopic (exact) mass is 350 g/mol. The molecule has 0 amide bonds. The molecule has 0 radical (unpaired) electrons. The van der Waals surface area contributed by atoms with Gasteiger partial charge in [0.2, 0.25) is 9.04 Å². The maximum absolute atomic E-state index is 6.87. The van der Waals surface area contributed by atoms with Crippen LogP contribution in [0, 0.1) is 12.3 Å². The van der Waals surface area contributed by atoms with E-state index in [1.807, 2.05) is 0 Å². The molecular weight excluding hydrogens is 324 g/mol. The van der Waals surface area contributed by atoms with Crippen LogP contribution >= 0.6 is 0 Å². The molecule has 0 spiro atoms. The van der Waals surface area contributed by atoms with Crippen LogP contribution in [0.3, 0.4) is 0 Å². The van der Waals surface area contributed by atoms with Crippen molar-refractivity contribution < 1.29 is 4.43 Å². The largest absolute Gasteiger partial charge is 0.402 e. The highest BCUT2D eigenvalue weighted by Crippen LogP contribution is 2.36. The van der Waals surface area contributed by atoms with Crippen molar-refractivity contribution >= 4 is 19.4 Å². The molecule has 130 valence electrons. The van der Waals surface area contributed by atoms with Gasteiger partial charge in [-0.3, -0.25) is 0 Å². The lowest BCUT2D eigenvalue weighted by molar-refractivity contribution is 0.0855. The molecule has 4 heteroatoms. The first-order valence-corrected chi connectivity index (χ1v) is 10.3. The van der Waals surface area contributed by atoms with Gasteiger partial charge in [0.1, 0.15) is 0 Å². The molecule has 1 N–H and O–H groups in total. The normalized spacial score (nSPS) is 13.2. The van der Waals surface area contributed by atoms with Gasteiger partial charge in [0.15, 0.2) is 0 Å². The first-order chi connectivity index (χ1) is 12.0. The van der Waals surface area contributed by atoms with Gasteiger partial charge in [0.05, 0.1) is 18.1 Å². The van der Waals surface area contributed by atoms with Crippen LogP contribution in [0.1, 0.15) is 38.3 Å². The van der Waals surface area contributed by atoms with Gasteiger partial charge in [-0.15, -0.1) is 0 Å². The fraction of sp³-hybridized carbons (Fsp3) is 0.286. The van der Waals surface area contributed by atoms with Crippen molar-refractivity contribution in [3.63, 3.8) is 0 Å². The first-order valence-electron chi connectivity index (χ1n) is 8.72. The standard InChI is InChI=1S/C21H26N2OSi/c1-16-19(23-15-22-16)20(21(2,3)4)24-25(17-11-7-5-8-12-17)18-13-9-6-10-14-18/h5-15,20,25H,1-4H3,(H,22,23). The Balaban J connectivity index is 2.02. The van der Waals surface area contributed by atoms with Crippen molar-refractivity contribution in [3.8, 4) is 0 Å². The van der Waals surface area contributed by atoms with E-state index in [1.165, 1.54) is 10.4 Å². The number of nitrogens with one attached hydrogen (secondary N) is 1. The molecule has 0 saturated heterocycles. The van der Waals surface area contributed by atoms with Crippen molar-refractivity contribution in [1.82, 2.24) is 9.97 Å². The number of benzene rings is 2. The molecule has 1 heterocycles. The Morgan fingerprint density at radius 3 is 1.84 bits per heavy atom. The summed E-state index contributed by atoms with van der Waals surface area (Å²) in [6.45, 7) is 8.71. The van der Waals surface area contributed by atoms with Gasteiger partial charge in [-0.05, 0) is 22.7 Å². The molecule has 3 nitrogen and oxygen atoms in total. The van der Waals surface area contributed by atoms with Gasteiger partial charge in [-0.1, -0.05) is 81.4 Å². The average molecular weight is 351 g/mol. The molecule has 1 atom stereocenters. The van der Waals surface area contributed by atoms with E-state index in [2.05, 4.69) is 98.3 Å². The average Bonchev–Trinajstić information content (AvgIpc) is 3.02. The molecule has 3 rings (SSSR count). The summed E-state index contributed by atoms with van der Waals surface area (Å²) in [5, 5.41) is 2.58. The molecule has 0 fully saturated rings. The van der Waals surface area contributed by atoms with E-state index >= 15 is 0 Å². The lowest BCUT2D eigenvalue weighted by Crippen LogP contribution is -2.47. The molecule has 3 aromatic rings. The zero-order valence-corrected chi connectivity index (χ0v) is 16.5. The predicted molar refractivity (Wildman–Crippen MR) is 106 cm³/mol. The van der Waals surface area contributed by atoms with E-state index in [-0.39, 0.29) is 11.5 Å². The van der Waals surface area contributed by atoms with Crippen LogP contribution < -0.4 is 10.4 Å². The molecule has 1 aromatic heterocycles. The second kappa shape index (κ2) is 7.38. The Hall–Kier alpha value is -2.17. The van der Waals surface area contributed by atoms with E-state index in [4.69, 9.17) is 4.43 Å². The van der Waals surface area contributed by atoms with E-state index in [9.17, 15) is 0 Å². The second-order valence-electron chi connectivity index (χ2n) is 7.50. The van der Waals surface area contributed by atoms with Crippen LogP contribution in [0.2, 0.25) is 0 Å². The minimum absolute atomic E-state index is 0.0469.